The highest BCUT2D eigenvalue weighted by molar-refractivity contribution is 5.97. The Balaban J connectivity index is 1.65. The summed E-state index contributed by atoms with van der Waals surface area (Å²) in [5.41, 5.74) is 0.678. The fraction of sp³-hybridized carbons (Fsp3) is 0.710. The molecule has 0 unspecified atom stereocenters. The zero-order chi connectivity index (χ0) is 24.4. The molecule has 0 spiro atoms. The van der Waals surface area contributed by atoms with Gasteiger partial charge in [-0.15, -0.1) is 0 Å². The molecule has 0 bridgehead atoms. The highest BCUT2D eigenvalue weighted by Gasteiger charge is 2.25. The van der Waals surface area contributed by atoms with E-state index in [0.717, 1.165) is 50.4 Å². The number of carbonyl (C=O) groups is 1. The standard InChI is InChI=1S/C31H50O3/c1-3-5-7-9-10-11-12-14-24-34-29-22-20-28(21-23-29)31(33)25-30(32)27-18-16-26(17-19-27)15-13-8-6-4-2/h20-23,25-27,33H,3-19,24H2,1-2H3/b31-25-. The minimum absolute atomic E-state index is 0.0707. The van der Waals surface area contributed by atoms with E-state index in [4.69, 9.17) is 4.74 Å². The van der Waals surface area contributed by atoms with Gasteiger partial charge in [-0.05, 0) is 62.3 Å². The molecule has 0 atom stereocenters. The van der Waals surface area contributed by atoms with Gasteiger partial charge in [0, 0.05) is 17.6 Å². The van der Waals surface area contributed by atoms with E-state index in [1.807, 2.05) is 24.3 Å². The predicted molar refractivity (Wildman–Crippen MR) is 144 cm³/mol. The number of ether oxygens (including phenoxy) is 1. The normalized spacial score (nSPS) is 18.7. The first-order valence-corrected chi connectivity index (χ1v) is 14.3. The van der Waals surface area contributed by atoms with Crippen LogP contribution in [-0.4, -0.2) is 17.5 Å². The van der Waals surface area contributed by atoms with Crippen LogP contribution in [-0.2, 0) is 4.79 Å². The Bertz CT molecular complexity index is 683. The molecule has 1 aromatic carbocycles. The second-order valence-corrected chi connectivity index (χ2v) is 10.3. The Kier molecular flexibility index (Phi) is 14.8. The van der Waals surface area contributed by atoms with Crippen LogP contribution in [0.5, 0.6) is 5.75 Å². The molecule has 1 aromatic rings. The highest BCUT2D eigenvalue weighted by Crippen LogP contribution is 2.33. The van der Waals surface area contributed by atoms with Crippen molar-refractivity contribution in [3.05, 3.63) is 35.9 Å². The SMILES string of the molecule is CCCCCCCCCCOc1ccc(/C(O)=C/C(=O)C2CCC(CCCCCC)CC2)cc1. The Morgan fingerprint density at radius 3 is 2.00 bits per heavy atom. The molecular formula is C31H50O3. The third-order valence-corrected chi connectivity index (χ3v) is 7.41. The molecule has 1 saturated carbocycles. The number of allylic oxidation sites excluding steroid dienone is 1. The number of carbonyl (C=O) groups excluding carboxylic acids is 1. The van der Waals surface area contributed by atoms with Gasteiger partial charge in [-0.2, -0.15) is 0 Å². The zero-order valence-corrected chi connectivity index (χ0v) is 22.0. The maximum absolute atomic E-state index is 12.7. The number of hydrogen-bond acceptors (Lipinski definition) is 3. The van der Waals surface area contributed by atoms with Gasteiger partial charge in [-0.1, -0.05) is 90.9 Å². The van der Waals surface area contributed by atoms with Gasteiger partial charge in [0.25, 0.3) is 0 Å². The fourth-order valence-electron chi connectivity index (χ4n) is 5.08. The summed E-state index contributed by atoms with van der Waals surface area (Å²) in [6, 6.07) is 7.46. The molecular weight excluding hydrogens is 420 g/mol. The Morgan fingerprint density at radius 2 is 1.38 bits per heavy atom. The van der Waals surface area contributed by atoms with E-state index in [1.54, 1.807) is 0 Å². The van der Waals surface area contributed by atoms with Crippen LogP contribution in [0.3, 0.4) is 0 Å². The quantitative estimate of drug-likeness (QED) is 0.132. The largest absolute Gasteiger partial charge is 0.507 e. The number of hydrogen-bond donors (Lipinski definition) is 1. The second-order valence-electron chi connectivity index (χ2n) is 10.3. The van der Waals surface area contributed by atoms with Crippen molar-refractivity contribution < 1.29 is 14.6 Å². The molecule has 2 rings (SSSR count). The first kappa shape index (κ1) is 28.5. The first-order chi connectivity index (χ1) is 16.6. The van der Waals surface area contributed by atoms with Crippen LogP contribution in [0, 0.1) is 11.8 Å². The van der Waals surface area contributed by atoms with Gasteiger partial charge < -0.3 is 9.84 Å². The minimum Gasteiger partial charge on any atom is -0.507 e. The Morgan fingerprint density at radius 1 is 0.824 bits per heavy atom. The van der Waals surface area contributed by atoms with Crippen LogP contribution < -0.4 is 4.74 Å². The van der Waals surface area contributed by atoms with Crippen molar-refractivity contribution in [2.45, 2.75) is 123 Å². The van der Waals surface area contributed by atoms with Crippen LogP contribution in [0.15, 0.2) is 30.3 Å². The maximum atomic E-state index is 12.7. The predicted octanol–water partition coefficient (Wildman–Crippen LogP) is 9.45. The van der Waals surface area contributed by atoms with Crippen LogP contribution in [0.2, 0.25) is 0 Å². The number of rotatable bonds is 18. The van der Waals surface area contributed by atoms with E-state index >= 15 is 0 Å². The average molecular weight is 471 g/mol. The van der Waals surface area contributed by atoms with Gasteiger partial charge in [-0.25, -0.2) is 0 Å². The molecule has 1 N–H and O–H groups in total. The maximum Gasteiger partial charge on any atom is 0.162 e. The van der Waals surface area contributed by atoms with Gasteiger partial charge >= 0.3 is 0 Å². The molecule has 0 aromatic heterocycles. The van der Waals surface area contributed by atoms with Crippen molar-refractivity contribution >= 4 is 11.5 Å². The van der Waals surface area contributed by atoms with Crippen molar-refractivity contribution in [2.24, 2.45) is 11.8 Å². The van der Waals surface area contributed by atoms with E-state index in [-0.39, 0.29) is 17.5 Å². The van der Waals surface area contributed by atoms with Crippen molar-refractivity contribution in [2.75, 3.05) is 6.61 Å². The van der Waals surface area contributed by atoms with Gasteiger partial charge in [0.15, 0.2) is 5.78 Å². The topological polar surface area (TPSA) is 46.5 Å². The van der Waals surface area contributed by atoms with Crippen molar-refractivity contribution in [1.29, 1.82) is 0 Å². The lowest BCUT2D eigenvalue weighted by Crippen LogP contribution is -2.20. The third-order valence-electron chi connectivity index (χ3n) is 7.41. The van der Waals surface area contributed by atoms with E-state index < -0.39 is 0 Å². The summed E-state index contributed by atoms with van der Waals surface area (Å²) in [6.07, 6.45) is 22.6. The van der Waals surface area contributed by atoms with E-state index in [0.29, 0.717) is 5.56 Å². The van der Waals surface area contributed by atoms with Crippen LogP contribution in [0.4, 0.5) is 0 Å². The van der Waals surface area contributed by atoms with E-state index in [2.05, 4.69) is 13.8 Å². The van der Waals surface area contributed by atoms with Crippen LogP contribution in [0.1, 0.15) is 129 Å². The molecule has 0 heterocycles. The van der Waals surface area contributed by atoms with Crippen molar-refractivity contribution in [3.8, 4) is 5.75 Å². The van der Waals surface area contributed by atoms with Crippen LogP contribution in [0.25, 0.3) is 5.76 Å². The molecule has 192 valence electrons. The Labute approximate surface area is 209 Å². The van der Waals surface area contributed by atoms with Crippen molar-refractivity contribution in [1.82, 2.24) is 0 Å². The van der Waals surface area contributed by atoms with E-state index in [1.165, 1.54) is 83.1 Å². The third kappa shape index (κ3) is 11.6. The lowest BCUT2D eigenvalue weighted by Gasteiger charge is -2.27. The number of aliphatic hydroxyl groups excluding tert-OH is 1. The summed E-state index contributed by atoms with van der Waals surface area (Å²) >= 11 is 0. The van der Waals surface area contributed by atoms with Gasteiger partial charge in [0.1, 0.15) is 11.5 Å². The number of benzene rings is 1. The summed E-state index contributed by atoms with van der Waals surface area (Å²) < 4.78 is 5.85. The molecule has 0 saturated heterocycles. The monoisotopic (exact) mass is 470 g/mol. The second kappa shape index (κ2) is 17.6. The fourth-order valence-corrected chi connectivity index (χ4v) is 5.08. The molecule has 0 aliphatic heterocycles. The average Bonchev–Trinajstić information content (AvgIpc) is 2.86. The molecule has 0 amide bonds. The molecule has 3 heteroatoms. The Hall–Kier alpha value is -1.77. The number of ketones is 1. The molecule has 34 heavy (non-hydrogen) atoms. The molecule has 0 radical (unpaired) electrons. The summed E-state index contributed by atoms with van der Waals surface area (Å²) in [5.74, 6) is 1.83. The molecule has 1 aliphatic carbocycles. The van der Waals surface area contributed by atoms with Crippen molar-refractivity contribution in [3.63, 3.8) is 0 Å². The summed E-state index contributed by atoms with van der Waals surface area (Å²) in [6.45, 7) is 5.24. The zero-order valence-electron chi connectivity index (χ0n) is 22.0. The van der Waals surface area contributed by atoms with Gasteiger partial charge in [-0.3, -0.25) is 4.79 Å². The van der Waals surface area contributed by atoms with Crippen LogP contribution >= 0.6 is 0 Å². The number of unbranched alkanes of at least 4 members (excludes halogenated alkanes) is 10. The van der Waals surface area contributed by atoms with Gasteiger partial charge in [0.2, 0.25) is 0 Å². The first-order valence-electron chi connectivity index (χ1n) is 14.3. The molecule has 3 nitrogen and oxygen atoms in total. The number of aliphatic hydroxyl groups is 1. The molecule has 1 fully saturated rings. The van der Waals surface area contributed by atoms with E-state index in [9.17, 15) is 9.90 Å². The lowest BCUT2D eigenvalue weighted by atomic mass is 9.78. The smallest absolute Gasteiger partial charge is 0.162 e. The minimum atomic E-state index is 0.0707. The summed E-state index contributed by atoms with van der Waals surface area (Å²) in [5, 5.41) is 10.5. The molecule has 1 aliphatic rings. The van der Waals surface area contributed by atoms with Gasteiger partial charge in [0.05, 0.1) is 6.61 Å². The summed E-state index contributed by atoms with van der Waals surface area (Å²) in [7, 11) is 0. The highest BCUT2D eigenvalue weighted by atomic mass is 16.5. The summed E-state index contributed by atoms with van der Waals surface area (Å²) in [4.78, 5) is 12.7. The lowest BCUT2D eigenvalue weighted by molar-refractivity contribution is -0.119.